The molecule has 3 nitrogen and oxygen atoms in total. The van der Waals surface area contributed by atoms with Crippen molar-refractivity contribution in [3.8, 4) is 0 Å². The van der Waals surface area contributed by atoms with E-state index in [2.05, 4.69) is 4.74 Å². The van der Waals surface area contributed by atoms with E-state index >= 15 is 0 Å². The van der Waals surface area contributed by atoms with Crippen molar-refractivity contribution in [1.29, 1.82) is 0 Å². The van der Waals surface area contributed by atoms with E-state index in [1.165, 1.54) is 13.8 Å². The highest BCUT2D eigenvalue weighted by atomic mass is 19.3. The molecule has 0 fully saturated rings. The molecule has 0 radical (unpaired) electrons. The molecular weight excluding hydrogens is 249 g/mol. The van der Waals surface area contributed by atoms with E-state index in [0.717, 1.165) is 12.1 Å². The predicted octanol–water partition coefficient (Wildman–Crippen LogP) is 2.64. The zero-order valence-corrected chi connectivity index (χ0v) is 9.97. The summed E-state index contributed by atoms with van der Waals surface area (Å²) in [5.41, 5.74) is -0.109. The highest BCUT2D eigenvalue weighted by Crippen LogP contribution is 2.33. The molecule has 0 bridgehead atoms. The van der Waals surface area contributed by atoms with Gasteiger partial charge in [0, 0.05) is 5.56 Å². The molecule has 0 heterocycles. The second-order valence-electron chi connectivity index (χ2n) is 4.01. The van der Waals surface area contributed by atoms with Crippen molar-refractivity contribution >= 4 is 5.97 Å². The number of ether oxygens (including phenoxy) is 1. The van der Waals surface area contributed by atoms with Crippen LogP contribution in [0, 0.1) is 19.7 Å². The molecule has 0 aromatic heterocycles. The Kier molecular flexibility index (Phi) is 4.34. The monoisotopic (exact) mass is 262 g/mol. The van der Waals surface area contributed by atoms with Gasteiger partial charge in [-0.3, -0.25) is 0 Å². The third kappa shape index (κ3) is 3.46. The van der Waals surface area contributed by atoms with Crippen LogP contribution in [0.1, 0.15) is 16.7 Å². The number of hydrogen-bond donors (Lipinski definition) is 1. The molecular formula is C12H13F3O3. The third-order valence-electron chi connectivity index (χ3n) is 2.37. The van der Waals surface area contributed by atoms with Crippen LogP contribution < -0.4 is 0 Å². The summed E-state index contributed by atoms with van der Waals surface area (Å²) in [5.74, 6) is -5.26. The highest BCUT2D eigenvalue weighted by Gasteiger charge is 2.35. The van der Waals surface area contributed by atoms with Gasteiger partial charge in [-0.2, -0.15) is 8.78 Å². The Balaban J connectivity index is 2.94. The van der Waals surface area contributed by atoms with E-state index in [9.17, 15) is 18.0 Å². The molecule has 6 heteroatoms. The smallest absolute Gasteiger partial charge is 0.329 e. The Morgan fingerprint density at radius 3 is 2.28 bits per heavy atom. The van der Waals surface area contributed by atoms with Gasteiger partial charge in [0.2, 0.25) is 0 Å². The number of carbonyl (C=O) groups is 1. The average molecular weight is 262 g/mol. The van der Waals surface area contributed by atoms with Gasteiger partial charge in [0.25, 0.3) is 5.92 Å². The zero-order chi connectivity index (χ0) is 13.9. The van der Waals surface area contributed by atoms with E-state index < -0.39 is 30.9 Å². The Labute approximate surface area is 102 Å². The molecule has 1 aromatic rings. The second kappa shape index (κ2) is 5.39. The standard InChI is InChI=1S/C12H13F3O3/c1-7-3-9(13)4-8(2)11(7)12(14,15)6-18-5-10(16)17/h3-4H,5-6H2,1-2H3,(H,16,17). The van der Waals surface area contributed by atoms with Crippen molar-refractivity contribution in [3.05, 3.63) is 34.6 Å². The first-order valence-electron chi connectivity index (χ1n) is 5.18. The molecule has 0 saturated heterocycles. The van der Waals surface area contributed by atoms with Crippen molar-refractivity contribution in [2.45, 2.75) is 19.8 Å². The summed E-state index contributed by atoms with van der Waals surface area (Å²) in [5, 5.41) is 8.31. The van der Waals surface area contributed by atoms with E-state index in [1.807, 2.05) is 0 Å². The van der Waals surface area contributed by atoms with Crippen LogP contribution in [0.2, 0.25) is 0 Å². The minimum Gasteiger partial charge on any atom is -0.480 e. The molecule has 0 saturated carbocycles. The molecule has 0 unspecified atom stereocenters. The maximum absolute atomic E-state index is 13.8. The number of hydrogen-bond acceptors (Lipinski definition) is 2. The minimum atomic E-state index is -3.35. The fraction of sp³-hybridized carbons (Fsp3) is 0.417. The van der Waals surface area contributed by atoms with Crippen LogP contribution in [0.5, 0.6) is 0 Å². The van der Waals surface area contributed by atoms with Gasteiger partial charge in [-0.05, 0) is 37.1 Å². The lowest BCUT2D eigenvalue weighted by molar-refractivity contribution is -0.147. The van der Waals surface area contributed by atoms with Crippen LogP contribution in [0.4, 0.5) is 13.2 Å². The molecule has 1 aromatic carbocycles. The van der Waals surface area contributed by atoms with Crippen molar-refractivity contribution < 1.29 is 27.8 Å². The first-order valence-corrected chi connectivity index (χ1v) is 5.18. The molecule has 0 atom stereocenters. The molecule has 0 spiro atoms. The Hall–Kier alpha value is -1.56. The number of carboxylic acid groups (broad SMARTS) is 1. The van der Waals surface area contributed by atoms with Crippen LogP contribution in [-0.2, 0) is 15.5 Å². The quantitative estimate of drug-likeness (QED) is 0.887. The van der Waals surface area contributed by atoms with E-state index in [4.69, 9.17) is 5.11 Å². The lowest BCUT2D eigenvalue weighted by Gasteiger charge is -2.20. The molecule has 0 aliphatic heterocycles. The van der Waals surface area contributed by atoms with E-state index in [-0.39, 0.29) is 16.7 Å². The Morgan fingerprint density at radius 1 is 1.33 bits per heavy atom. The maximum Gasteiger partial charge on any atom is 0.329 e. The molecule has 1 rings (SSSR count). The van der Waals surface area contributed by atoms with Crippen LogP contribution >= 0.6 is 0 Å². The van der Waals surface area contributed by atoms with Gasteiger partial charge in [-0.15, -0.1) is 0 Å². The molecule has 0 aliphatic carbocycles. The van der Waals surface area contributed by atoms with Gasteiger partial charge in [0.05, 0.1) is 0 Å². The number of alkyl halides is 2. The van der Waals surface area contributed by atoms with Crippen LogP contribution in [0.15, 0.2) is 12.1 Å². The van der Waals surface area contributed by atoms with Gasteiger partial charge in [-0.25, -0.2) is 9.18 Å². The summed E-state index contributed by atoms with van der Waals surface area (Å²) in [6.45, 7) is 0.897. The van der Waals surface area contributed by atoms with Crippen LogP contribution in [0.25, 0.3) is 0 Å². The number of halogens is 3. The normalized spacial score (nSPS) is 11.6. The summed E-state index contributed by atoms with van der Waals surface area (Å²) in [7, 11) is 0. The lowest BCUT2D eigenvalue weighted by atomic mass is 9.97. The first kappa shape index (κ1) is 14.5. The number of aliphatic carboxylic acids is 1. The summed E-state index contributed by atoms with van der Waals surface area (Å²) in [6.07, 6.45) is 0. The summed E-state index contributed by atoms with van der Waals surface area (Å²) < 4.78 is 45.1. The molecule has 100 valence electrons. The summed E-state index contributed by atoms with van der Waals surface area (Å²) >= 11 is 0. The second-order valence-corrected chi connectivity index (χ2v) is 4.01. The molecule has 18 heavy (non-hydrogen) atoms. The maximum atomic E-state index is 13.8. The molecule has 0 amide bonds. The van der Waals surface area contributed by atoms with Crippen molar-refractivity contribution in [2.24, 2.45) is 0 Å². The summed E-state index contributed by atoms with van der Waals surface area (Å²) in [6, 6.07) is 2.01. The van der Waals surface area contributed by atoms with Gasteiger partial charge in [0.15, 0.2) is 0 Å². The molecule has 1 N–H and O–H groups in total. The van der Waals surface area contributed by atoms with E-state index in [1.54, 1.807) is 0 Å². The van der Waals surface area contributed by atoms with Crippen molar-refractivity contribution in [3.63, 3.8) is 0 Å². The predicted molar refractivity (Wildman–Crippen MR) is 58.2 cm³/mol. The largest absolute Gasteiger partial charge is 0.480 e. The van der Waals surface area contributed by atoms with Crippen molar-refractivity contribution in [1.82, 2.24) is 0 Å². The number of rotatable bonds is 5. The Bertz CT molecular complexity index is 435. The average Bonchev–Trinajstić information content (AvgIpc) is 2.13. The number of benzene rings is 1. The van der Waals surface area contributed by atoms with Gasteiger partial charge >= 0.3 is 5.97 Å². The topological polar surface area (TPSA) is 46.5 Å². The van der Waals surface area contributed by atoms with Crippen LogP contribution in [0.3, 0.4) is 0 Å². The lowest BCUT2D eigenvalue weighted by Crippen LogP contribution is -2.25. The highest BCUT2D eigenvalue weighted by molar-refractivity contribution is 5.68. The summed E-state index contributed by atoms with van der Waals surface area (Å²) in [4.78, 5) is 10.2. The molecule has 0 aliphatic rings. The van der Waals surface area contributed by atoms with Gasteiger partial charge < -0.3 is 9.84 Å². The first-order chi connectivity index (χ1) is 8.24. The van der Waals surface area contributed by atoms with Crippen molar-refractivity contribution in [2.75, 3.05) is 13.2 Å². The van der Waals surface area contributed by atoms with E-state index in [0.29, 0.717) is 0 Å². The SMILES string of the molecule is Cc1cc(F)cc(C)c1C(F)(F)COCC(=O)O. The number of carboxylic acids is 1. The van der Waals surface area contributed by atoms with Gasteiger partial charge in [0.1, 0.15) is 19.0 Å². The third-order valence-corrected chi connectivity index (χ3v) is 2.37. The fourth-order valence-electron chi connectivity index (χ4n) is 1.83. The van der Waals surface area contributed by atoms with Crippen LogP contribution in [-0.4, -0.2) is 24.3 Å². The zero-order valence-electron chi connectivity index (χ0n) is 9.97. The fourth-order valence-corrected chi connectivity index (χ4v) is 1.83. The van der Waals surface area contributed by atoms with Gasteiger partial charge in [-0.1, -0.05) is 0 Å². The minimum absolute atomic E-state index is 0.108. The Morgan fingerprint density at radius 2 is 1.83 bits per heavy atom. The number of aryl methyl sites for hydroxylation is 2.